The van der Waals surface area contributed by atoms with E-state index in [2.05, 4.69) is 10.2 Å². The third kappa shape index (κ3) is 4.17. The van der Waals surface area contributed by atoms with E-state index in [-0.39, 0.29) is 12.4 Å². The molecule has 0 bridgehead atoms. The minimum Gasteiger partial charge on any atom is -0.317 e. The van der Waals surface area contributed by atoms with Gasteiger partial charge in [0.2, 0.25) is 0 Å². The molecule has 0 radical (unpaired) electrons. The Kier molecular flexibility index (Phi) is 5.59. The summed E-state index contributed by atoms with van der Waals surface area (Å²) in [6.07, 6.45) is -1.29. The third-order valence-electron chi connectivity index (χ3n) is 4.92. The topological polar surface area (TPSA) is 15.3 Å². The molecule has 1 aromatic carbocycles. The molecule has 7 heteroatoms. The van der Waals surface area contributed by atoms with Gasteiger partial charge in [-0.05, 0) is 62.0 Å². The normalized spacial score (nSPS) is 21.4. The molecular formula is C16H21ClF4N2. The van der Waals surface area contributed by atoms with Gasteiger partial charge in [-0.2, -0.15) is 13.2 Å². The highest BCUT2D eigenvalue weighted by Crippen LogP contribution is 2.39. The first-order valence-electron chi connectivity index (χ1n) is 7.67. The average molecular weight is 353 g/mol. The van der Waals surface area contributed by atoms with Crippen LogP contribution >= 0.6 is 12.4 Å². The van der Waals surface area contributed by atoms with Crippen LogP contribution in [0.2, 0.25) is 0 Å². The molecule has 0 aromatic heterocycles. The van der Waals surface area contributed by atoms with Gasteiger partial charge < -0.3 is 5.32 Å². The summed E-state index contributed by atoms with van der Waals surface area (Å²) in [5, 5.41) is 3.35. The Morgan fingerprint density at radius 3 is 2.48 bits per heavy atom. The lowest BCUT2D eigenvalue weighted by Crippen LogP contribution is -2.38. The molecule has 1 spiro atoms. The van der Waals surface area contributed by atoms with E-state index in [1.165, 1.54) is 6.07 Å². The van der Waals surface area contributed by atoms with Gasteiger partial charge in [-0.1, -0.05) is 6.07 Å². The second-order valence-electron chi connectivity index (χ2n) is 6.52. The highest BCUT2D eigenvalue weighted by Gasteiger charge is 2.39. The van der Waals surface area contributed by atoms with Gasteiger partial charge in [-0.3, -0.25) is 4.90 Å². The quantitative estimate of drug-likeness (QED) is 0.813. The first-order valence-corrected chi connectivity index (χ1v) is 7.67. The number of likely N-dealkylation sites (tertiary alicyclic amines) is 1. The van der Waals surface area contributed by atoms with E-state index in [1.54, 1.807) is 0 Å². The van der Waals surface area contributed by atoms with Crippen molar-refractivity contribution in [3.63, 3.8) is 0 Å². The van der Waals surface area contributed by atoms with Crippen molar-refractivity contribution < 1.29 is 17.6 Å². The minimum absolute atomic E-state index is 0. The van der Waals surface area contributed by atoms with Crippen LogP contribution < -0.4 is 5.32 Å². The van der Waals surface area contributed by atoms with Crippen LogP contribution in [-0.4, -0.2) is 31.1 Å². The number of rotatable bonds is 2. The molecule has 0 aliphatic carbocycles. The molecule has 2 fully saturated rings. The van der Waals surface area contributed by atoms with Gasteiger partial charge in [-0.25, -0.2) is 4.39 Å². The summed E-state index contributed by atoms with van der Waals surface area (Å²) in [5.74, 6) is -1.20. The number of piperidine rings is 1. The Labute approximate surface area is 139 Å². The van der Waals surface area contributed by atoms with E-state index in [1.807, 2.05) is 0 Å². The van der Waals surface area contributed by atoms with E-state index in [4.69, 9.17) is 0 Å². The lowest BCUT2D eigenvalue weighted by atomic mass is 9.78. The number of halogens is 5. The Bertz CT molecular complexity index is 541. The third-order valence-corrected chi connectivity index (χ3v) is 4.92. The number of hydrogen-bond acceptors (Lipinski definition) is 2. The first kappa shape index (κ1) is 18.5. The zero-order valence-corrected chi connectivity index (χ0v) is 13.6. The van der Waals surface area contributed by atoms with Crippen molar-refractivity contribution in [2.24, 2.45) is 5.41 Å². The summed E-state index contributed by atoms with van der Waals surface area (Å²) in [7, 11) is 0. The molecule has 0 atom stereocenters. The predicted octanol–water partition coefficient (Wildman–Crippen LogP) is 3.84. The highest BCUT2D eigenvalue weighted by molar-refractivity contribution is 5.85. The van der Waals surface area contributed by atoms with Crippen LogP contribution in [0, 0.1) is 11.2 Å². The van der Waals surface area contributed by atoms with Crippen LogP contribution in [0.15, 0.2) is 18.2 Å². The van der Waals surface area contributed by atoms with Crippen LogP contribution in [0.3, 0.4) is 0 Å². The van der Waals surface area contributed by atoms with Crippen molar-refractivity contribution in [1.29, 1.82) is 0 Å². The van der Waals surface area contributed by atoms with Crippen molar-refractivity contribution in [2.45, 2.75) is 32.0 Å². The van der Waals surface area contributed by atoms with Gasteiger partial charge in [0.05, 0.1) is 5.56 Å². The maximum atomic E-state index is 13.3. The minimum atomic E-state index is -4.64. The number of nitrogens with zero attached hydrogens (tertiary/aromatic N) is 1. The number of alkyl halides is 3. The molecule has 0 unspecified atom stereocenters. The van der Waals surface area contributed by atoms with Crippen molar-refractivity contribution in [3.8, 4) is 0 Å². The summed E-state index contributed by atoms with van der Waals surface area (Å²) >= 11 is 0. The number of nitrogens with one attached hydrogen (secondary N) is 1. The van der Waals surface area contributed by atoms with Gasteiger partial charge in [0.1, 0.15) is 5.82 Å². The van der Waals surface area contributed by atoms with Crippen LogP contribution in [0.1, 0.15) is 30.4 Å². The molecule has 1 N–H and O–H groups in total. The van der Waals surface area contributed by atoms with Gasteiger partial charge >= 0.3 is 6.18 Å². The Hall–Kier alpha value is -0.850. The first-order chi connectivity index (χ1) is 10.4. The molecule has 2 aliphatic rings. The molecular weight excluding hydrogens is 332 g/mol. The molecule has 0 saturated carbocycles. The highest BCUT2D eigenvalue weighted by atomic mass is 35.5. The molecule has 2 nitrogen and oxygen atoms in total. The van der Waals surface area contributed by atoms with E-state index in [0.717, 1.165) is 57.6 Å². The molecule has 130 valence electrons. The lowest BCUT2D eigenvalue weighted by Gasteiger charge is -2.34. The Morgan fingerprint density at radius 2 is 1.83 bits per heavy atom. The second-order valence-corrected chi connectivity index (χ2v) is 6.52. The van der Waals surface area contributed by atoms with Crippen molar-refractivity contribution in [2.75, 3.05) is 26.2 Å². The second kappa shape index (κ2) is 6.95. The predicted molar refractivity (Wildman–Crippen MR) is 83.1 cm³/mol. The van der Waals surface area contributed by atoms with Crippen LogP contribution in [0.5, 0.6) is 0 Å². The SMILES string of the molecule is Cl.Fc1ccc(CN2CCC3(CCNCC3)C2)cc1C(F)(F)F. The molecule has 3 rings (SSSR count). The molecule has 0 amide bonds. The molecule has 2 saturated heterocycles. The Balaban J connectivity index is 0.00000192. The smallest absolute Gasteiger partial charge is 0.317 e. The lowest BCUT2D eigenvalue weighted by molar-refractivity contribution is -0.140. The van der Waals surface area contributed by atoms with Crippen molar-refractivity contribution in [1.82, 2.24) is 10.2 Å². The fourth-order valence-corrected chi connectivity index (χ4v) is 3.67. The summed E-state index contributed by atoms with van der Waals surface area (Å²) in [5.41, 5.74) is -0.321. The summed E-state index contributed by atoms with van der Waals surface area (Å²) in [4.78, 5) is 2.19. The number of hydrogen-bond donors (Lipinski definition) is 1. The Morgan fingerprint density at radius 1 is 1.13 bits per heavy atom. The van der Waals surface area contributed by atoms with Crippen LogP contribution in [0.25, 0.3) is 0 Å². The molecule has 1 aromatic rings. The van der Waals surface area contributed by atoms with Crippen LogP contribution in [0.4, 0.5) is 17.6 Å². The van der Waals surface area contributed by atoms with E-state index >= 15 is 0 Å². The van der Waals surface area contributed by atoms with Gasteiger partial charge in [0.15, 0.2) is 0 Å². The zero-order chi connectivity index (χ0) is 15.8. The standard InChI is InChI=1S/C16H20F4N2.ClH/c17-14-2-1-12(9-13(14)16(18,19)20)10-22-8-5-15(11-22)3-6-21-7-4-15;/h1-2,9,21H,3-8,10-11H2;1H. The van der Waals surface area contributed by atoms with Crippen LogP contribution in [-0.2, 0) is 12.7 Å². The van der Waals surface area contributed by atoms with E-state index in [0.29, 0.717) is 17.5 Å². The van der Waals surface area contributed by atoms with Gasteiger partial charge in [-0.15, -0.1) is 12.4 Å². The zero-order valence-electron chi connectivity index (χ0n) is 12.8. The molecule has 2 aliphatic heterocycles. The van der Waals surface area contributed by atoms with E-state index in [9.17, 15) is 17.6 Å². The van der Waals surface area contributed by atoms with Gasteiger partial charge in [0, 0.05) is 13.1 Å². The largest absolute Gasteiger partial charge is 0.419 e. The fourth-order valence-electron chi connectivity index (χ4n) is 3.67. The molecule has 2 heterocycles. The summed E-state index contributed by atoms with van der Waals surface area (Å²) < 4.78 is 51.6. The van der Waals surface area contributed by atoms with Gasteiger partial charge in [0.25, 0.3) is 0 Å². The average Bonchev–Trinajstić information content (AvgIpc) is 2.83. The van der Waals surface area contributed by atoms with E-state index < -0.39 is 17.6 Å². The summed E-state index contributed by atoms with van der Waals surface area (Å²) in [6, 6.07) is 3.33. The maximum Gasteiger partial charge on any atom is 0.419 e. The fraction of sp³-hybridized carbons (Fsp3) is 0.625. The molecule has 23 heavy (non-hydrogen) atoms. The van der Waals surface area contributed by atoms with Crippen molar-refractivity contribution in [3.05, 3.63) is 35.1 Å². The number of benzene rings is 1. The maximum absolute atomic E-state index is 13.3. The monoisotopic (exact) mass is 352 g/mol. The van der Waals surface area contributed by atoms with Crippen molar-refractivity contribution >= 4 is 12.4 Å². The summed E-state index contributed by atoms with van der Waals surface area (Å²) in [6.45, 7) is 4.32.